The highest BCUT2D eigenvalue weighted by molar-refractivity contribution is 5.94. The second kappa shape index (κ2) is 9.61. The summed E-state index contributed by atoms with van der Waals surface area (Å²) in [6, 6.07) is 15.4. The van der Waals surface area contributed by atoms with E-state index in [9.17, 15) is 9.59 Å². The molecule has 3 aromatic rings. The number of carbonyl (C=O) groups is 2. The number of hydrogen-bond acceptors (Lipinski definition) is 4. The van der Waals surface area contributed by atoms with E-state index in [4.69, 9.17) is 4.74 Å². The van der Waals surface area contributed by atoms with E-state index < -0.39 is 5.97 Å². The maximum absolute atomic E-state index is 13.0. The SMILES string of the molecule is CCOC(=O)c1cc(-c2ccc(C)c(C)c2)n(-c2ccc(C(=O)N3CCCC(C)C3)cc2)n1. The van der Waals surface area contributed by atoms with Crippen molar-refractivity contribution in [3.05, 3.63) is 70.9 Å². The maximum Gasteiger partial charge on any atom is 0.358 e. The van der Waals surface area contributed by atoms with Gasteiger partial charge in [-0.1, -0.05) is 19.1 Å². The maximum atomic E-state index is 13.0. The molecule has 0 radical (unpaired) electrons. The van der Waals surface area contributed by atoms with Crippen LogP contribution in [0.4, 0.5) is 0 Å². The predicted molar refractivity (Wildman–Crippen MR) is 129 cm³/mol. The first kappa shape index (κ1) is 22.8. The molecule has 172 valence electrons. The quantitative estimate of drug-likeness (QED) is 0.506. The average molecular weight is 446 g/mol. The smallest absolute Gasteiger partial charge is 0.358 e. The second-order valence-electron chi connectivity index (χ2n) is 8.89. The number of amides is 1. The van der Waals surface area contributed by atoms with Gasteiger partial charge in [-0.15, -0.1) is 0 Å². The summed E-state index contributed by atoms with van der Waals surface area (Å²) in [5.41, 5.74) is 5.82. The fourth-order valence-electron chi connectivity index (χ4n) is 4.29. The Morgan fingerprint density at radius 1 is 1.06 bits per heavy atom. The Kier molecular flexibility index (Phi) is 6.63. The lowest BCUT2D eigenvalue weighted by atomic mass is 9.99. The molecule has 0 spiro atoms. The molecule has 1 aliphatic heterocycles. The molecule has 2 aromatic carbocycles. The Morgan fingerprint density at radius 2 is 1.82 bits per heavy atom. The topological polar surface area (TPSA) is 64.4 Å². The van der Waals surface area contributed by atoms with Crippen molar-refractivity contribution >= 4 is 11.9 Å². The van der Waals surface area contributed by atoms with Gasteiger partial charge in [0.05, 0.1) is 18.0 Å². The summed E-state index contributed by atoms with van der Waals surface area (Å²) in [5, 5.41) is 4.55. The lowest BCUT2D eigenvalue weighted by molar-refractivity contribution is 0.0518. The van der Waals surface area contributed by atoms with Crippen molar-refractivity contribution in [1.29, 1.82) is 0 Å². The number of carbonyl (C=O) groups excluding carboxylic acids is 2. The fraction of sp³-hybridized carbons (Fsp3) is 0.370. The Bertz CT molecular complexity index is 1160. The molecule has 2 heterocycles. The van der Waals surface area contributed by atoms with Gasteiger partial charge < -0.3 is 9.64 Å². The third-order valence-electron chi connectivity index (χ3n) is 6.30. The third kappa shape index (κ3) is 4.85. The van der Waals surface area contributed by atoms with Crippen LogP contribution in [0.25, 0.3) is 16.9 Å². The van der Waals surface area contributed by atoms with E-state index in [1.54, 1.807) is 17.7 Å². The van der Waals surface area contributed by atoms with Gasteiger partial charge in [0.25, 0.3) is 5.91 Å². The van der Waals surface area contributed by atoms with Gasteiger partial charge in [-0.3, -0.25) is 4.79 Å². The molecule has 0 saturated carbocycles. The van der Waals surface area contributed by atoms with E-state index in [2.05, 4.69) is 38.0 Å². The minimum Gasteiger partial charge on any atom is -0.461 e. The van der Waals surface area contributed by atoms with Gasteiger partial charge in [0, 0.05) is 24.2 Å². The molecule has 1 aromatic heterocycles. The molecule has 1 amide bonds. The lowest BCUT2D eigenvalue weighted by Crippen LogP contribution is -2.39. The molecule has 33 heavy (non-hydrogen) atoms. The number of aryl methyl sites for hydroxylation is 2. The number of aromatic nitrogens is 2. The summed E-state index contributed by atoms with van der Waals surface area (Å²) >= 11 is 0. The van der Waals surface area contributed by atoms with Crippen molar-refractivity contribution in [3.63, 3.8) is 0 Å². The average Bonchev–Trinajstić information content (AvgIpc) is 3.26. The minimum absolute atomic E-state index is 0.0650. The van der Waals surface area contributed by atoms with Crippen LogP contribution in [-0.4, -0.2) is 46.3 Å². The summed E-state index contributed by atoms with van der Waals surface area (Å²) < 4.78 is 6.92. The second-order valence-corrected chi connectivity index (χ2v) is 8.89. The largest absolute Gasteiger partial charge is 0.461 e. The first-order valence-corrected chi connectivity index (χ1v) is 11.6. The van der Waals surface area contributed by atoms with Crippen molar-refractivity contribution in [3.8, 4) is 16.9 Å². The number of piperidine rings is 1. The van der Waals surface area contributed by atoms with Crippen LogP contribution < -0.4 is 0 Å². The van der Waals surface area contributed by atoms with Gasteiger partial charge in [-0.2, -0.15) is 5.10 Å². The zero-order valence-corrected chi connectivity index (χ0v) is 19.8. The predicted octanol–water partition coefficient (Wildman–Crippen LogP) is 5.20. The van der Waals surface area contributed by atoms with Crippen LogP contribution in [0.3, 0.4) is 0 Å². The summed E-state index contributed by atoms with van der Waals surface area (Å²) in [5.74, 6) is 0.148. The van der Waals surface area contributed by atoms with Crippen LogP contribution >= 0.6 is 0 Å². The lowest BCUT2D eigenvalue weighted by Gasteiger charge is -2.31. The highest BCUT2D eigenvalue weighted by Crippen LogP contribution is 2.27. The molecule has 0 bridgehead atoms. The minimum atomic E-state index is -0.452. The highest BCUT2D eigenvalue weighted by atomic mass is 16.5. The van der Waals surface area contributed by atoms with Crippen LogP contribution in [-0.2, 0) is 4.74 Å². The Hall–Kier alpha value is -3.41. The summed E-state index contributed by atoms with van der Waals surface area (Å²) in [7, 11) is 0. The Morgan fingerprint density at radius 3 is 2.48 bits per heavy atom. The van der Waals surface area contributed by atoms with E-state index >= 15 is 0 Å². The Balaban J connectivity index is 1.69. The number of likely N-dealkylation sites (tertiary alicyclic amines) is 1. The van der Waals surface area contributed by atoms with Crippen molar-refractivity contribution in [2.45, 2.75) is 40.5 Å². The van der Waals surface area contributed by atoms with E-state index in [0.717, 1.165) is 42.0 Å². The molecule has 0 aliphatic carbocycles. The van der Waals surface area contributed by atoms with Gasteiger partial charge in [-0.25, -0.2) is 9.48 Å². The zero-order chi connectivity index (χ0) is 23.5. The van der Waals surface area contributed by atoms with Crippen molar-refractivity contribution in [2.24, 2.45) is 5.92 Å². The molecular weight excluding hydrogens is 414 g/mol. The highest BCUT2D eigenvalue weighted by Gasteiger charge is 2.23. The molecule has 1 fully saturated rings. The number of esters is 1. The third-order valence-corrected chi connectivity index (χ3v) is 6.30. The van der Waals surface area contributed by atoms with Crippen molar-refractivity contribution in [1.82, 2.24) is 14.7 Å². The molecule has 1 saturated heterocycles. The molecule has 4 rings (SSSR count). The van der Waals surface area contributed by atoms with Crippen LogP contribution in [0, 0.1) is 19.8 Å². The molecule has 1 aliphatic rings. The molecule has 6 heteroatoms. The molecule has 6 nitrogen and oxygen atoms in total. The van der Waals surface area contributed by atoms with Gasteiger partial charge in [0.15, 0.2) is 5.69 Å². The standard InChI is InChI=1S/C27H31N3O3/c1-5-33-27(32)24-16-25(22-9-8-19(3)20(4)15-22)30(28-24)23-12-10-21(11-13-23)26(31)29-14-6-7-18(2)17-29/h8-13,15-16,18H,5-7,14,17H2,1-4H3. The van der Waals surface area contributed by atoms with Gasteiger partial charge in [0.1, 0.15) is 0 Å². The van der Waals surface area contributed by atoms with Gasteiger partial charge in [-0.05, 0) is 87.1 Å². The molecule has 0 N–H and O–H groups in total. The number of ether oxygens (including phenoxy) is 1. The molecule has 1 atom stereocenters. The Labute approximate surface area is 195 Å². The van der Waals surface area contributed by atoms with E-state index in [0.29, 0.717) is 11.5 Å². The van der Waals surface area contributed by atoms with Crippen molar-refractivity contribution in [2.75, 3.05) is 19.7 Å². The first-order valence-electron chi connectivity index (χ1n) is 11.6. The van der Waals surface area contributed by atoms with Crippen LogP contribution in [0.5, 0.6) is 0 Å². The molecule has 1 unspecified atom stereocenters. The van der Waals surface area contributed by atoms with Gasteiger partial charge >= 0.3 is 5.97 Å². The van der Waals surface area contributed by atoms with Crippen LogP contribution in [0.1, 0.15) is 58.7 Å². The normalized spacial score (nSPS) is 16.0. The van der Waals surface area contributed by atoms with Crippen LogP contribution in [0.2, 0.25) is 0 Å². The van der Waals surface area contributed by atoms with E-state index in [1.165, 1.54) is 12.0 Å². The zero-order valence-electron chi connectivity index (χ0n) is 19.8. The number of rotatable bonds is 5. The first-order chi connectivity index (χ1) is 15.9. The van der Waals surface area contributed by atoms with Crippen molar-refractivity contribution < 1.29 is 14.3 Å². The summed E-state index contributed by atoms with van der Waals surface area (Å²) in [6.07, 6.45) is 2.22. The number of hydrogen-bond donors (Lipinski definition) is 0. The van der Waals surface area contributed by atoms with Gasteiger partial charge in [0.2, 0.25) is 0 Å². The van der Waals surface area contributed by atoms with Crippen LogP contribution in [0.15, 0.2) is 48.5 Å². The monoisotopic (exact) mass is 445 g/mol. The van der Waals surface area contributed by atoms with E-state index in [1.807, 2.05) is 35.2 Å². The number of nitrogens with zero attached hydrogens (tertiary/aromatic N) is 3. The summed E-state index contributed by atoms with van der Waals surface area (Å²) in [6.45, 7) is 10.0. The summed E-state index contributed by atoms with van der Waals surface area (Å²) in [4.78, 5) is 27.3. The molecular formula is C27H31N3O3. The number of benzene rings is 2. The van der Waals surface area contributed by atoms with E-state index in [-0.39, 0.29) is 18.2 Å². The fourth-order valence-corrected chi connectivity index (χ4v) is 4.29.